The molecule has 0 bridgehead atoms. The van der Waals surface area contributed by atoms with Gasteiger partial charge >= 0.3 is 0 Å². The zero-order chi connectivity index (χ0) is 24.4. The van der Waals surface area contributed by atoms with Crippen molar-refractivity contribution in [1.82, 2.24) is 19.9 Å². The number of H-pyrrole nitrogens is 1. The summed E-state index contributed by atoms with van der Waals surface area (Å²) in [6, 6.07) is 23.1. The molecule has 2 N–H and O–H groups in total. The largest absolute Gasteiger partial charge is 0.341 e. The summed E-state index contributed by atoms with van der Waals surface area (Å²) in [5.74, 6) is 0.0366. The standard InChI is InChI=1S/C27H20FN7/c1-16-13-20(14-29)32-25(28)21(16)33-26-17(2)22-24(31-15-30-22)27(35-26)34-23(18-9-5-3-6-10-18)19-11-7-4-8-12-19/h3-13,15H,1-2H3,(H,30,31)(H,33,35). The van der Waals surface area contributed by atoms with Gasteiger partial charge < -0.3 is 10.3 Å². The van der Waals surface area contributed by atoms with E-state index in [2.05, 4.69) is 20.3 Å². The van der Waals surface area contributed by atoms with Gasteiger partial charge in [0.05, 0.1) is 23.2 Å². The molecule has 5 rings (SSSR count). The molecule has 3 aromatic heterocycles. The Labute approximate surface area is 201 Å². The summed E-state index contributed by atoms with van der Waals surface area (Å²) in [5, 5.41) is 12.1. The van der Waals surface area contributed by atoms with Crippen LogP contribution >= 0.6 is 0 Å². The van der Waals surface area contributed by atoms with E-state index in [9.17, 15) is 4.39 Å². The third-order valence-corrected chi connectivity index (χ3v) is 5.63. The molecule has 0 radical (unpaired) electrons. The van der Waals surface area contributed by atoms with E-state index in [0.717, 1.165) is 22.4 Å². The number of fused-ring (bicyclic) bond motifs is 1. The molecule has 35 heavy (non-hydrogen) atoms. The molecule has 0 aliphatic carbocycles. The van der Waals surface area contributed by atoms with Gasteiger partial charge in [-0.3, -0.25) is 0 Å². The normalized spacial score (nSPS) is 10.7. The fraction of sp³-hybridized carbons (Fsp3) is 0.0741. The predicted octanol–water partition coefficient (Wildman–Crippen LogP) is 5.89. The van der Waals surface area contributed by atoms with Crippen LogP contribution in [0, 0.1) is 31.1 Å². The highest BCUT2D eigenvalue weighted by atomic mass is 19.1. The number of anilines is 2. The second-order valence-electron chi connectivity index (χ2n) is 7.95. The van der Waals surface area contributed by atoms with E-state index in [1.54, 1.807) is 13.3 Å². The lowest BCUT2D eigenvalue weighted by Crippen LogP contribution is -2.06. The lowest BCUT2D eigenvalue weighted by molar-refractivity contribution is 0.585. The van der Waals surface area contributed by atoms with Crippen LogP contribution in [-0.2, 0) is 0 Å². The minimum absolute atomic E-state index is 0.0126. The first kappa shape index (κ1) is 21.9. The van der Waals surface area contributed by atoms with E-state index in [4.69, 9.17) is 15.2 Å². The smallest absolute Gasteiger partial charge is 0.238 e. The third-order valence-electron chi connectivity index (χ3n) is 5.63. The van der Waals surface area contributed by atoms with Gasteiger partial charge in [-0.15, -0.1) is 0 Å². The number of benzene rings is 2. The topological polar surface area (TPSA) is 103 Å². The monoisotopic (exact) mass is 461 g/mol. The number of nitrogens with one attached hydrogen (secondary N) is 2. The van der Waals surface area contributed by atoms with Crippen LogP contribution in [-0.4, -0.2) is 25.6 Å². The molecule has 0 aliphatic rings. The predicted molar refractivity (Wildman–Crippen MR) is 134 cm³/mol. The van der Waals surface area contributed by atoms with Crippen molar-refractivity contribution >= 4 is 34.1 Å². The molecule has 2 aromatic carbocycles. The third kappa shape index (κ3) is 4.23. The van der Waals surface area contributed by atoms with Crippen molar-refractivity contribution < 1.29 is 4.39 Å². The second kappa shape index (κ2) is 9.15. The fourth-order valence-electron chi connectivity index (χ4n) is 3.86. The average Bonchev–Trinajstić information content (AvgIpc) is 3.38. The van der Waals surface area contributed by atoms with Gasteiger partial charge in [0.15, 0.2) is 5.82 Å². The van der Waals surface area contributed by atoms with Crippen LogP contribution in [0.5, 0.6) is 0 Å². The highest BCUT2D eigenvalue weighted by Crippen LogP contribution is 2.32. The van der Waals surface area contributed by atoms with Crippen molar-refractivity contribution in [2.75, 3.05) is 5.32 Å². The molecule has 5 aromatic rings. The van der Waals surface area contributed by atoms with Gasteiger partial charge in [0.2, 0.25) is 5.95 Å². The molecule has 0 aliphatic heterocycles. The number of nitrogens with zero attached hydrogens (tertiary/aromatic N) is 5. The van der Waals surface area contributed by atoms with Gasteiger partial charge in [-0.05, 0) is 25.5 Å². The van der Waals surface area contributed by atoms with Crippen molar-refractivity contribution in [3.05, 3.63) is 107 Å². The number of aliphatic imine (C=N–C) groups is 1. The first-order valence-corrected chi connectivity index (χ1v) is 10.9. The number of halogens is 1. The maximum Gasteiger partial charge on any atom is 0.238 e. The number of pyridine rings is 2. The van der Waals surface area contributed by atoms with Gasteiger partial charge in [0, 0.05) is 16.7 Å². The summed E-state index contributed by atoms with van der Waals surface area (Å²) in [4.78, 5) is 21.0. The van der Waals surface area contributed by atoms with E-state index in [1.807, 2.05) is 73.7 Å². The molecule has 170 valence electrons. The van der Waals surface area contributed by atoms with E-state index in [1.165, 1.54) is 6.07 Å². The van der Waals surface area contributed by atoms with E-state index in [-0.39, 0.29) is 11.4 Å². The molecule has 3 heterocycles. The maximum atomic E-state index is 14.7. The van der Waals surface area contributed by atoms with Crippen LogP contribution in [0.4, 0.5) is 21.7 Å². The Kier molecular flexibility index (Phi) is 5.73. The van der Waals surface area contributed by atoms with Crippen molar-refractivity contribution in [1.29, 1.82) is 5.26 Å². The molecule has 7 nitrogen and oxygen atoms in total. The van der Waals surface area contributed by atoms with E-state index < -0.39 is 5.95 Å². The molecule has 0 saturated carbocycles. The molecule has 0 amide bonds. The van der Waals surface area contributed by atoms with Gasteiger partial charge in [0.1, 0.15) is 23.1 Å². The number of rotatable bonds is 5. The van der Waals surface area contributed by atoms with Crippen molar-refractivity contribution in [2.45, 2.75) is 13.8 Å². The quantitative estimate of drug-likeness (QED) is 0.251. The number of aryl methyl sites for hydroxylation is 2. The zero-order valence-corrected chi connectivity index (χ0v) is 19.0. The summed E-state index contributed by atoms with van der Waals surface area (Å²) in [7, 11) is 0. The second-order valence-corrected chi connectivity index (χ2v) is 7.95. The number of nitriles is 1. The molecule has 0 fully saturated rings. The minimum atomic E-state index is -0.774. The number of imidazole rings is 1. The maximum absolute atomic E-state index is 14.7. The van der Waals surface area contributed by atoms with Gasteiger partial charge in [-0.1, -0.05) is 60.7 Å². The molecule has 0 atom stereocenters. The average molecular weight is 462 g/mol. The van der Waals surface area contributed by atoms with Crippen LogP contribution in [0.15, 0.2) is 78.0 Å². The van der Waals surface area contributed by atoms with Crippen LogP contribution in [0.3, 0.4) is 0 Å². The fourth-order valence-corrected chi connectivity index (χ4v) is 3.86. The van der Waals surface area contributed by atoms with Crippen LogP contribution in [0.25, 0.3) is 11.0 Å². The summed E-state index contributed by atoms with van der Waals surface area (Å²) < 4.78 is 14.7. The zero-order valence-electron chi connectivity index (χ0n) is 19.0. The highest BCUT2D eigenvalue weighted by Gasteiger charge is 2.18. The Hall–Kier alpha value is -4.90. The first-order valence-electron chi connectivity index (χ1n) is 10.9. The summed E-state index contributed by atoms with van der Waals surface area (Å²) >= 11 is 0. The Balaban J connectivity index is 1.69. The van der Waals surface area contributed by atoms with Gasteiger partial charge in [-0.25, -0.2) is 19.9 Å². The van der Waals surface area contributed by atoms with Gasteiger partial charge in [0.25, 0.3) is 0 Å². The van der Waals surface area contributed by atoms with Crippen molar-refractivity contribution in [2.24, 2.45) is 4.99 Å². The van der Waals surface area contributed by atoms with E-state index in [0.29, 0.717) is 28.2 Å². The number of aromatic nitrogens is 4. The lowest BCUT2D eigenvalue weighted by Gasteiger charge is -2.14. The molecular formula is C27H20FN7. The Morgan fingerprint density at radius 2 is 1.66 bits per heavy atom. The van der Waals surface area contributed by atoms with Crippen molar-refractivity contribution in [3.8, 4) is 6.07 Å². The first-order chi connectivity index (χ1) is 17.0. The molecular weight excluding hydrogens is 441 g/mol. The summed E-state index contributed by atoms with van der Waals surface area (Å²) in [6.45, 7) is 3.56. The van der Waals surface area contributed by atoms with E-state index >= 15 is 0 Å². The van der Waals surface area contributed by atoms with Crippen molar-refractivity contribution in [3.63, 3.8) is 0 Å². The minimum Gasteiger partial charge on any atom is -0.341 e. The Morgan fingerprint density at radius 3 is 2.26 bits per heavy atom. The highest BCUT2D eigenvalue weighted by molar-refractivity contribution is 6.14. The summed E-state index contributed by atoms with van der Waals surface area (Å²) in [5.41, 5.74) is 5.37. The van der Waals surface area contributed by atoms with Crippen LogP contribution in [0.2, 0.25) is 0 Å². The van der Waals surface area contributed by atoms with Crippen LogP contribution < -0.4 is 5.32 Å². The number of hydrogen-bond acceptors (Lipinski definition) is 6. The molecule has 0 unspecified atom stereocenters. The lowest BCUT2D eigenvalue weighted by atomic mass is 10.0. The number of aromatic amines is 1. The Morgan fingerprint density at radius 1 is 1.00 bits per heavy atom. The van der Waals surface area contributed by atoms with Gasteiger partial charge in [-0.2, -0.15) is 9.65 Å². The SMILES string of the molecule is Cc1cc(C#N)nc(F)c1Nc1nc(N=C(c2ccccc2)c2ccccc2)c2[nH]cnc2c1C. The number of hydrogen-bond donors (Lipinski definition) is 2. The summed E-state index contributed by atoms with van der Waals surface area (Å²) in [6.07, 6.45) is 1.59. The Bertz CT molecular complexity index is 1540. The molecule has 8 heteroatoms. The molecule has 0 spiro atoms. The molecule has 0 saturated heterocycles. The van der Waals surface area contributed by atoms with Crippen LogP contribution in [0.1, 0.15) is 27.9 Å².